The fourth-order valence-corrected chi connectivity index (χ4v) is 2.50. The van der Waals surface area contributed by atoms with Crippen LogP contribution in [-0.4, -0.2) is 48.0 Å². The van der Waals surface area contributed by atoms with E-state index in [-0.39, 0.29) is 30.4 Å². The first-order valence-corrected chi connectivity index (χ1v) is 8.35. The average molecular weight is 350 g/mol. The summed E-state index contributed by atoms with van der Waals surface area (Å²) in [5.74, 6) is -1.29. The van der Waals surface area contributed by atoms with Crippen LogP contribution in [0, 0.1) is 0 Å². The molecule has 0 unspecified atom stereocenters. The average Bonchev–Trinajstić information content (AvgIpc) is 2.56. The number of benzene rings is 1. The van der Waals surface area contributed by atoms with Gasteiger partial charge in [0.15, 0.2) is 0 Å². The number of nitrogens with zero attached hydrogens (tertiary/aromatic N) is 1. The zero-order valence-electron chi connectivity index (χ0n) is 15.0. The minimum atomic E-state index is -1.07. The fraction of sp³-hybridized carbons (Fsp3) is 0.500. The monoisotopic (exact) mass is 350 g/mol. The van der Waals surface area contributed by atoms with Crippen LogP contribution in [0.3, 0.4) is 0 Å². The van der Waals surface area contributed by atoms with Crippen molar-refractivity contribution in [3.05, 3.63) is 29.3 Å². The molecule has 138 valence electrons. The summed E-state index contributed by atoms with van der Waals surface area (Å²) in [4.78, 5) is 36.8. The summed E-state index contributed by atoms with van der Waals surface area (Å²) in [6.07, 6.45) is 0.966. The minimum Gasteiger partial charge on any atom is -0.478 e. The Bertz CT molecular complexity index is 611. The quantitative estimate of drug-likeness (QED) is 0.676. The Morgan fingerprint density at radius 2 is 1.80 bits per heavy atom. The molecule has 0 aliphatic carbocycles. The van der Waals surface area contributed by atoms with Crippen LogP contribution in [-0.2, 0) is 20.9 Å². The van der Waals surface area contributed by atoms with Crippen LogP contribution >= 0.6 is 0 Å². The van der Waals surface area contributed by atoms with Crippen molar-refractivity contribution in [1.82, 2.24) is 4.90 Å². The molecular formula is C18H26N2O5. The molecule has 0 aliphatic rings. The molecule has 0 saturated carbocycles. The van der Waals surface area contributed by atoms with Crippen LogP contribution in [0.2, 0.25) is 0 Å². The topological polar surface area (TPSA) is 95.9 Å². The summed E-state index contributed by atoms with van der Waals surface area (Å²) in [5, 5.41) is 11.8. The Kier molecular flexibility index (Phi) is 8.63. The zero-order valence-corrected chi connectivity index (χ0v) is 15.0. The predicted molar refractivity (Wildman–Crippen MR) is 94.5 cm³/mol. The molecule has 0 heterocycles. The number of aromatic carboxylic acids is 1. The van der Waals surface area contributed by atoms with Crippen LogP contribution in [0.15, 0.2) is 18.2 Å². The van der Waals surface area contributed by atoms with Gasteiger partial charge in [-0.1, -0.05) is 0 Å². The van der Waals surface area contributed by atoms with E-state index in [0.29, 0.717) is 37.2 Å². The summed E-state index contributed by atoms with van der Waals surface area (Å²) in [6, 6.07) is 4.58. The van der Waals surface area contributed by atoms with Crippen LogP contribution in [0.5, 0.6) is 0 Å². The van der Waals surface area contributed by atoms with E-state index in [0.717, 1.165) is 0 Å². The number of carbonyl (C=O) groups excluding carboxylic acids is 2. The Morgan fingerprint density at radius 1 is 1.12 bits per heavy atom. The van der Waals surface area contributed by atoms with Gasteiger partial charge in [0.2, 0.25) is 11.8 Å². The number of ether oxygens (including phenoxy) is 1. The van der Waals surface area contributed by atoms with E-state index in [1.807, 2.05) is 13.8 Å². The number of rotatable bonds is 10. The number of anilines is 1. The van der Waals surface area contributed by atoms with Gasteiger partial charge in [-0.2, -0.15) is 0 Å². The predicted octanol–water partition coefficient (Wildman–Crippen LogP) is 2.51. The summed E-state index contributed by atoms with van der Waals surface area (Å²) in [6.45, 7) is 5.40. The van der Waals surface area contributed by atoms with E-state index in [9.17, 15) is 14.4 Å². The van der Waals surface area contributed by atoms with Crippen molar-refractivity contribution >= 4 is 23.5 Å². The normalized spacial score (nSPS) is 10.4. The molecule has 0 fully saturated rings. The Hall–Kier alpha value is -2.41. The number of carboxylic acids is 1. The molecule has 0 radical (unpaired) electrons. The summed E-state index contributed by atoms with van der Waals surface area (Å²) in [7, 11) is 1.51. The maximum Gasteiger partial charge on any atom is 0.335 e. The molecule has 0 spiro atoms. The third-order valence-corrected chi connectivity index (χ3v) is 3.75. The summed E-state index contributed by atoms with van der Waals surface area (Å²) >= 11 is 0. The lowest BCUT2D eigenvalue weighted by Crippen LogP contribution is -2.30. The molecule has 1 aromatic rings. The van der Waals surface area contributed by atoms with Gasteiger partial charge in [0, 0.05) is 38.7 Å². The number of hydrogen-bond acceptors (Lipinski definition) is 4. The van der Waals surface area contributed by atoms with Gasteiger partial charge in [-0.15, -0.1) is 0 Å². The fourth-order valence-electron chi connectivity index (χ4n) is 2.50. The largest absolute Gasteiger partial charge is 0.478 e. The van der Waals surface area contributed by atoms with Crippen LogP contribution in [0.1, 0.15) is 49.0 Å². The van der Waals surface area contributed by atoms with Gasteiger partial charge in [0.05, 0.1) is 12.2 Å². The van der Waals surface area contributed by atoms with Crippen LogP contribution in [0.4, 0.5) is 5.69 Å². The molecule has 7 nitrogen and oxygen atoms in total. The number of hydrogen-bond donors (Lipinski definition) is 2. The second-order valence-electron chi connectivity index (χ2n) is 5.62. The molecule has 25 heavy (non-hydrogen) atoms. The Labute approximate surface area is 148 Å². The van der Waals surface area contributed by atoms with Crippen molar-refractivity contribution in [1.29, 1.82) is 0 Å². The molecule has 0 saturated heterocycles. The van der Waals surface area contributed by atoms with Crippen molar-refractivity contribution in [3.63, 3.8) is 0 Å². The lowest BCUT2D eigenvalue weighted by molar-refractivity contribution is -0.131. The molecule has 0 aliphatic heterocycles. The van der Waals surface area contributed by atoms with Gasteiger partial charge in [-0.3, -0.25) is 9.59 Å². The Morgan fingerprint density at radius 3 is 2.36 bits per heavy atom. The van der Waals surface area contributed by atoms with Crippen molar-refractivity contribution < 1.29 is 24.2 Å². The van der Waals surface area contributed by atoms with E-state index in [1.54, 1.807) is 11.0 Å². The first kappa shape index (κ1) is 20.6. The van der Waals surface area contributed by atoms with Gasteiger partial charge >= 0.3 is 5.97 Å². The third-order valence-electron chi connectivity index (χ3n) is 3.75. The molecule has 2 N–H and O–H groups in total. The smallest absolute Gasteiger partial charge is 0.335 e. The molecular weight excluding hydrogens is 324 g/mol. The first-order chi connectivity index (χ1) is 11.9. The number of carbonyl (C=O) groups is 3. The second kappa shape index (κ2) is 10.5. The van der Waals surface area contributed by atoms with Gasteiger partial charge < -0.3 is 20.1 Å². The zero-order chi connectivity index (χ0) is 18.8. The highest BCUT2D eigenvalue weighted by Crippen LogP contribution is 2.17. The number of nitrogens with one attached hydrogen (secondary N) is 1. The van der Waals surface area contributed by atoms with Gasteiger partial charge in [-0.05, 0) is 44.0 Å². The molecule has 0 bridgehead atoms. The van der Waals surface area contributed by atoms with Gasteiger partial charge in [-0.25, -0.2) is 4.79 Å². The second-order valence-corrected chi connectivity index (χ2v) is 5.62. The van der Waals surface area contributed by atoms with E-state index >= 15 is 0 Å². The van der Waals surface area contributed by atoms with Gasteiger partial charge in [0.1, 0.15) is 0 Å². The van der Waals surface area contributed by atoms with Crippen molar-refractivity contribution in [2.24, 2.45) is 0 Å². The summed E-state index contributed by atoms with van der Waals surface area (Å²) < 4.78 is 5.01. The van der Waals surface area contributed by atoms with E-state index < -0.39 is 5.97 Å². The lowest BCUT2D eigenvalue weighted by Gasteiger charge is -2.18. The van der Waals surface area contributed by atoms with E-state index in [1.165, 1.54) is 19.2 Å². The molecule has 0 atom stereocenters. The highest BCUT2D eigenvalue weighted by molar-refractivity contribution is 5.94. The van der Waals surface area contributed by atoms with Crippen molar-refractivity contribution in [2.75, 3.05) is 25.5 Å². The Balaban J connectivity index is 2.61. The standard InChI is InChI=1S/C18H26N2O5/c1-4-20(5-2)17(22)8-6-7-16(21)19-15-10-13(12-25-3)9-14(11-15)18(23)24/h9-11H,4-8,12H2,1-3H3,(H,19,21)(H,23,24). The van der Waals surface area contributed by atoms with E-state index in [2.05, 4.69) is 5.32 Å². The lowest BCUT2D eigenvalue weighted by atomic mass is 10.1. The maximum atomic E-state index is 12.0. The maximum absolute atomic E-state index is 12.0. The van der Waals surface area contributed by atoms with Crippen molar-refractivity contribution in [3.8, 4) is 0 Å². The number of methoxy groups -OCH3 is 1. The molecule has 1 aromatic carbocycles. The van der Waals surface area contributed by atoms with Crippen molar-refractivity contribution in [2.45, 2.75) is 39.7 Å². The molecule has 7 heteroatoms. The number of carboxylic acid groups (broad SMARTS) is 1. The van der Waals surface area contributed by atoms with Gasteiger partial charge in [0.25, 0.3) is 0 Å². The highest BCUT2D eigenvalue weighted by Gasteiger charge is 2.12. The molecule has 2 amide bonds. The molecule has 0 aromatic heterocycles. The first-order valence-electron chi connectivity index (χ1n) is 8.35. The third kappa shape index (κ3) is 6.93. The minimum absolute atomic E-state index is 0.0352. The summed E-state index contributed by atoms with van der Waals surface area (Å²) in [5.41, 5.74) is 1.16. The SMILES string of the molecule is CCN(CC)C(=O)CCCC(=O)Nc1cc(COC)cc(C(=O)O)c1. The van der Waals surface area contributed by atoms with Crippen LogP contribution in [0.25, 0.3) is 0 Å². The van der Waals surface area contributed by atoms with Crippen LogP contribution < -0.4 is 5.32 Å². The molecule has 1 rings (SSSR count). The number of amides is 2. The van der Waals surface area contributed by atoms with E-state index in [4.69, 9.17) is 9.84 Å². The highest BCUT2D eigenvalue weighted by atomic mass is 16.5.